The highest BCUT2D eigenvalue weighted by Crippen LogP contribution is 2.11. The van der Waals surface area contributed by atoms with E-state index in [1.807, 2.05) is 91.0 Å². The van der Waals surface area contributed by atoms with E-state index in [1.165, 1.54) is 0 Å². The Bertz CT molecular complexity index is 911. The van der Waals surface area contributed by atoms with Gasteiger partial charge in [0.15, 0.2) is 0 Å². The number of hydrogen-bond donors (Lipinski definition) is 0. The maximum Gasteiger partial charge on any atom is 0.0479 e. The van der Waals surface area contributed by atoms with E-state index < -0.39 is 0 Å². The molecule has 0 amide bonds. The molecule has 156 valence electrons. The minimum atomic E-state index is 0.558. The Labute approximate surface area is 196 Å². The molecule has 3 aromatic rings. The summed E-state index contributed by atoms with van der Waals surface area (Å²) in [5.74, 6) is 1.71. The topological polar surface area (TPSA) is 0 Å². The lowest BCUT2D eigenvalue weighted by Gasteiger charge is -1.98. The van der Waals surface area contributed by atoms with Gasteiger partial charge in [0.1, 0.15) is 0 Å². The Morgan fingerprint density at radius 2 is 1.20 bits per heavy atom. The number of hydrogen-bond acceptors (Lipinski definition) is 0. The second-order valence-corrected chi connectivity index (χ2v) is 7.00. The summed E-state index contributed by atoms with van der Waals surface area (Å²) < 4.78 is 0. The molecule has 0 fully saturated rings. The predicted octanol–water partition coefficient (Wildman–Crippen LogP) is 9.21. The lowest BCUT2D eigenvalue weighted by atomic mass is 10.1. The first-order chi connectivity index (χ1) is 14.6. The van der Waals surface area contributed by atoms with Crippen molar-refractivity contribution in [2.24, 2.45) is 0 Å². The molecule has 3 rings (SSSR count). The van der Waals surface area contributed by atoms with E-state index in [-0.39, 0.29) is 0 Å². The van der Waals surface area contributed by atoms with Gasteiger partial charge in [0.25, 0.3) is 0 Å². The molecule has 0 radical (unpaired) electrons. The summed E-state index contributed by atoms with van der Waals surface area (Å²) >= 11 is 16.9. The summed E-state index contributed by atoms with van der Waals surface area (Å²) in [5.41, 5.74) is 6.80. The van der Waals surface area contributed by atoms with E-state index in [4.69, 9.17) is 34.8 Å². The van der Waals surface area contributed by atoms with Gasteiger partial charge >= 0.3 is 0 Å². The van der Waals surface area contributed by atoms with E-state index >= 15 is 0 Å². The van der Waals surface area contributed by atoms with Crippen LogP contribution >= 0.6 is 34.8 Å². The molecule has 0 saturated carbocycles. The highest BCUT2D eigenvalue weighted by molar-refractivity contribution is 6.17. The van der Waals surface area contributed by atoms with Crippen molar-refractivity contribution in [2.75, 3.05) is 0 Å². The van der Waals surface area contributed by atoms with Crippen molar-refractivity contribution in [1.82, 2.24) is 0 Å². The van der Waals surface area contributed by atoms with Gasteiger partial charge < -0.3 is 0 Å². The number of alkyl halides is 3. The standard InChI is InChI=1S/3C9H9Cl/c1-2-8-3-5-9(7-10)6-4-8;1-2-8-4-3-5-9(6-8)7-10;1-2-8-5-3-4-6-9(8)7-10/h3*2-6H,1,7H2. The van der Waals surface area contributed by atoms with Crippen LogP contribution < -0.4 is 0 Å². The van der Waals surface area contributed by atoms with Crippen molar-refractivity contribution in [3.8, 4) is 0 Å². The van der Waals surface area contributed by atoms with Crippen LogP contribution in [0.1, 0.15) is 33.4 Å². The molecule has 0 bridgehead atoms. The third-order valence-electron chi connectivity index (χ3n) is 4.13. The molecule has 0 N–H and O–H groups in total. The fourth-order valence-corrected chi connectivity index (χ4v) is 2.99. The molecule has 0 aliphatic rings. The summed E-state index contributed by atoms with van der Waals surface area (Å²) in [6, 6.07) is 24.0. The lowest BCUT2D eigenvalue weighted by Crippen LogP contribution is -1.81. The lowest BCUT2D eigenvalue weighted by molar-refractivity contribution is 1.38. The van der Waals surface area contributed by atoms with Gasteiger partial charge in [-0.3, -0.25) is 0 Å². The SMILES string of the molecule is C=Cc1ccc(CCl)cc1.C=Cc1cccc(CCl)c1.C=Cc1ccccc1CCl. The van der Waals surface area contributed by atoms with Crippen LogP contribution in [0.3, 0.4) is 0 Å². The van der Waals surface area contributed by atoms with Crippen molar-refractivity contribution in [2.45, 2.75) is 17.6 Å². The first kappa shape index (κ1) is 25.8. The molecule has 0 aliphatic carbocycles. The van der Waals surface area contributed by atoms with Crippen molar-refractivity contribution in [3.05, 3.63) is 126 Å². The normalized spacial score (nSPS) is 9.30. The molecule has 0 aromatic heterocycles. The minimum absolute atomic E-state index is 0.558. The summed E-state index contributed by atoms with van der Waals surface area (Å²) in [4.78, 5) is 0. The van der Waals surface area contributed by atoms with Crippen LogP contribution in [0.25, 0.3) is 18.2 Å². The zero-order chi connectivity index (χ0) is 22.2. The van der Waals surface area contributed by atoms with Gasteiger partial charge in [0.05, 0.1) is 0 Å². The number of rotatable bonds is 6. The molecular weight excluding hydrogens is 431 g/mol. The van der Waals surface area contributed by atoms with Gasteiger partial charge in [0.2, 0.25) is 0 Å². The Kier molecular flexibility index (Phi) is 13.4. The monoisotopic (exact) mass is 456 g/mol. The summed E-state index contributed by atoms with van der Waals surface area (Å²) in [7, 11) is 0. The fraction of sp³-hybridized carbons (Fsp3) is 0.111. The minimum Gasteiger partial charge on any atom is -0.122 e. The predicted molar refractivity (Wildman–Crippen MR) is 138 cm³/mol. The second kappa shape index (κ2) is 15.6. The van der Waals surface area contributed by atoms with Gasteiger partial charge in [-0.05, 0) is 33.4 Å². The Morgan fingerprint density at radius 3 is 1.70 bits per heavy atom. The van der Waals surface area contributed by atoms with Gasteiger partial charge in [-0.15, -0.1) is 34.8 Å². The second-order valence-electron chi connectivity index (χ2n) is 6.20. The van der Waals surface area contributed by atoms with E-state index in [2.05, 4.69) is 19.7 Å². The van der Waals surface area contributed by atoms with Crippen molar-refractivity contribution < 1.29 is 0 Å². The van der Waals surface area contributed by atoms with Gasteiger partial charge in [-0.1, -0.05) is 111 Å². The van der Waals surface area contributed by atoms with E-state index in [0.717, 1.165) is 33.4 Å². The Hall–Kier alpha value is -2.25. The molecule has 0 heterocycles. The first-order valence-electron chi connectivity index (χ1n) is 9.42. The maximum absolute atomic E-state index is 5.66. The van der Waals surface area contributed by atoms with Crippen LogP contribution in [0, 0.1) is 0 Å². The van der Waals surface area contributed by atoms with E-state index in [0.29, 0.717) is 17.6 Å². The molecule has 30 heavy (non-hydrogen) atoms. The highest BCUT2D eigenvalue weighted by Gasteiger charge is 1.93. The summed E-state index contributed by atoms with van der Waals surface area (Å²) in [6.07, 6.45) is 5.45. The van der Waals surface area contributed by atoms with Crippen LogP contribution in [-0.4, -0.2) is 0 Å². The third kappa shape index (κ3) is 9.50. The van der Waals surface area contributed by atoms with Crippen molar-refractivity contribution in [1.29, 1.82) is 0 Å². The zero-order valence-corrected chi connectivity index (χ0v) is 19.3. The average Bonchev–Trinajstić information content (AvgIpc) is 2.84. The Morgan fingerprint density at radius 1 is 0.567 bits per heavy atom. The molecule has 3 aromatic carbocycles. The summed E-state index contributed by atoms with van der Waals surface area (Å²) in [5, 5.41) is 0. The Balaban J connectivity index is 0.000000225. The average molecular weight is 458 g/mol. The molecule has 0 nitrogen and oxygen atoms in total. The zero-order valence-electron chi connectivity index (χ0n) is 17.0. The largest absolute Gasteiger partial charge is 0.122 e. The first-order valence-corrected chi connectivity index (χ1v) is 11.0. The molecular formula is C27H27Cl3. The van der Waals surface area contributed by atoms with Gasteiger partial charge in [0, 0.05) is 17.6 Å². The third-order valence-corrected chi connectivity index (χ3v) is 5.03. The van der Waals surface area contributed by atoms with Gasteiger partial charge in [-0.25, -0.2) is 0 Å². The maximum atomic E-state index is 5.66. The van der Waals surface area contributed by atoms with Crippen LogP contribution in [0.5, 0.6) is 0 Å². The van der Waals surface area contributed by atoms with Gasteiger partial charge in [-0.2, -0.15) is 0 Å². The van der Waals surface area contributed by atoms with E-state index in [9.17, 15) is 0 Å². The quantitative estimate of drug-likeness (QED) is 0.323. The molecule has 0 unspecified atom stereocenters. The fourth-order valence-electron chi connectivity index (χ4n) is 2.40. The smallest absolute Gasteiger partial charge is 0.0479 e. The number of halogens is 3. The highest BCUT2D eigenvalue weighted by atomic mass is 35.5. The van der Waals surface area contributed by atoms with E-state index in [1.54, 1.807) is 0 Å². The molecule has 0 saturated heterocycles. The molecule has 3 heteroatoms. The molecule has 0 aliphatic heterocycles. The van der Waals surface area contributed by atoms with Crippen molar-refractivity contribution >= 4 is 53.0 Å². The van der Waals surface area contributed by atoms with Crippen LogP contribution in [0.2, 0.25) is 0 Å². The molecule has 0 atom stereocenters. The molecule has 0 spiro atoms. The van der Waals surface area contributed by atoms with Crippen molar-refractivity contribution in [3.63, 3.8) is 0 Å². The van der Waals surface area contributed by atoms with Crippen LogP contribution in [0.15, 0.2) is 92.5 Å². The summed E-state index contributed by atoms with van der Waals surface area (Å²) in [6.45, 7) is 11.0. The number of benzene rings is 3. The van der Waals surface area contributed by atoms with Crippen LogP contribution in [-0.2, 0) is 17.6 Å². The van der Waals surface area contributed by atoms with Crippen LogP contribution in [0.4, 0.5) is 0 Å².